The van der Waals surface area contributed by atoms with Gasteiger partial charge in [0.05, 0.1) is 0 Å². The predicted molar refractivity (Wildman–Crippen MR) is 72.2 cm³/mol. The van der Waals surface area contributed by atoms with Gasteiger partial charge in [-0.1, -0.05) is 6.42 Å². The highest BCUT2D eigenvalue weighted by Gasteiger charge is 2.09. The molecule has 106 valence electrons. The van der Waals surface area contributed by atoms with Gasteiger partial charge in [-0.2, -0.15) is 0 Å². The number of nitrogens with two attached hydrogens (primary N) is 3. The number of aliphatic imine (C=N–C) groups is 1. The molecule has 0 spiro atoms. The Kier molecular flexibility index (Phi) is 9.99. The van der Waals surface area contributed by atoms with Gasteiger partial charge in [0.25, 0.3) is 0 Å². The first-order chi connectivity index (χ1) is 8.54. The minimum atomic E-state index is -1.00. The molecule has 7 nitrogen and oxygen atoms in total. The van der Waals surface area contributed by atoms with Crippen LogP contribution in [0, 0.1) is 0 Å². The molecule has 0 aliphatic carbocycles. The Hall–Kier alpha value is -1.34. The number of guanidine groups is 1. The molecule has 0 aromatic rings. The first kappa shape index (κ1) is 16.7. The standard InChI is InChI=1S/C6H14N4O2.C5H11N/c7-4(5(11)12)2-1-3-10-6(8)9;1-2-4-6-5-3-1/h4H,1-3,7H2,(H,11,12)(H4,8,9,10);6H,1-5H2. The van der Waals surface area contributed by atoms with Crippen molar-refractivity contribution in [2.24, 2.45) is 22.2 Å². The van der Waals surface area contributed by atoms with Crippen molar-refractivity contribution in [1.82, 2.24) is 5.32 Å². The fourth-order valence-electron chi connectivity index (χ4n) is 1.44. The van der Waals surface area contributed by atoms with E-state index in [1.807, 2.05) is 0 Å². The summed E-state index contributed by atoms with van der Waals surface area (Å²) >= 11 is 0. The quantitative estimate of drug-likeness (QED) is 0.249. The lowest BCUT2D eigenvalue weighted by molar-refractivity contribution is -0.138. The summed E-state index contributed by atoms with van der Waals surface area (Å²) in [5, 5.41) is 11.7. The molecule has 0 bridgehead atoms. The summed E-state index contributed by atoms with van der Waals surface area (Å²) in [7, 11) is 0. The summed E-state index contributed by atoms with van der Waals surface area (Å²) in [4.78, 5) is 13.9. The molecule has 1 rings (SSSR count). The van der Waals surface area contributed by atoms with Crippen molar-refractivity contribution < 1.29 is 9.90 Å². The molecule has 1 fully saturated rings. The Balaban J connectivity index is 0.000000397. The van der Waals surface area contributed by atoms with Crippen LogP contribution in [-0.4, -0.2) is 42.7 Å². The number of carboxylic acids is 1. The molecule has 1 saturated heterocycles. The smallest absolute Gasteiger partial charge is 0.320 e. The van der Waals surface area contributed by atoms with Gasteiger partial charge in [-0.05, 0) is 38.8 Å². The Morgan fingerprint density at radius 1 is 1.28 bits per heavy atom. The normalized spacial score (nSPS) is 16.1. The van der Waals surface area contributed by atoms with Gasteiger partial charge in [0, 0.05) is 6.54 Å². The van der Waals surface area contributed by atoms with Gasteiger partial charge in [-0.25, -0.2) is 0 Å². The first-order valence-corrected chi connectivity index (χ1v) is 6.28. The lowest BCUT2D eigenvalue weighted by Gasteiger charge is -2.08. The highest BCUT2D eigenvalue weighted by atomic mass is 16.4. The summed E-state index contributed by atoms with van der Waals surface area (Å²) in [5.74, 6) is -0.987. The molecule has 8 N–H and O–H groups in total. The minimum absolute atomic E-state index is 0.0129. The van der Waals surface area contributed by atoms with Crippen LogP contribution in [0.5, 0.6) is 0 Å². The van der Waals surface area contributed by atoms with E-state index in [0.29, 0.717) is 19.4 Å². The Morgan fingerprint density at radius 2 is 1.89 bits per heavy atom. The van der Waals surface area contributed by atoms with Crippen molar-refractivity contribution in [1.29, 1.82) is 0 Å². The molecule has 1 unspecified atom stereocenters. The van der Waals surface area contributed by atoms with Gasteiger partial charge < -0.3 is 27.6 Å². The summed E-state index contributed by atoms with van der Waals surface area (Å²) in [6.45, 7) is 2.92. The van der Waals surface area contributed by atoms with E-state index >= 15 is 0 Å². The van der Waals surface area contributed by atoms with Crippen LogP contribution in [0.1, 0.15) is 32.1 Å². The fraction of sp³-hybridized carbons (Fsp3) is 0.818. The summed E-state index contributed by atoms with van der Waals surface area (Å²) in [6.07, 6.45) is 5.17. The van der Waals surface area contributed by atoms with Gasteiger partial charge in [0.1, 0.15) is 6.04 Å². The zero-order valence-corrected chi connectivity index (χ0v) is 10.8. The van der Waals surface area contributed by atoms with Crippen LogP contribution >= 0.6 is 0 Å². The van der Waals surface area contributed by atoms with E-state index in [1.54, 1.807) is 0 Å². The zero-order chi connectivity index (χ0) is 13.8. The number of hydrogen-bond acceptors (Lipinski definition) is 4. The van der Waals surface area contributed by atoms with Crippen molar-refractivity contribution in [2.75, 3.05) is 19.6 Å². The number of rotatable bonds is 5. The van der Waals surface area contributed by atoms with Crippen molar-refractivity contribution in [3.63, 3.8) is 0 Å². The highest BCUT2D eigenvalue weighted by molar-refractivity contribution is 5.75. The second kappa shape index (κ2) is 10.8. The third-order valence-electron chi connectivity index (χ3n) is 2.49. The monoisotopic (exact) mass is 259 g/mol. The second-order valence-corrected chi connectivity index (χ2v) is 4.20. The minimum Gasteiger partial charge on any atom is -0.480 e. The van der Waals surface area contributed by atoms with E-state index in [1.165, 1.54) is 32.4 Å². The van der Waals surface area contributed by atoms with Crippen LogP contribution < -0.4 is 22.5 Å². The molecule has 1 aliphatic heterocycles. The molecular formula is C11H25N5O2. The fourth-order valence-corrected chi connectivity index (χ4v) is 1.44. The highest BCUT2D eigenvalue weighted by Crippen LogP contribution is 1.96. The number of piperidine rings is 1. The van der Waals surface area contributed by atoms with Crippen LogP contribution in [0.2, 0.25) is 0 Å². The Morgan fingerprint density at radius 3 is 2.22 bits per heavy atom. The van der Waals surface area contributed by atoms with E-state index in [0.717, 1.165) is 0 Å². The number of carboxylic acid groups (broad SMARTS) is 1. The molecule has 1 aliphatic rings. The number of aliphatic carboxylic acids is 1. The zero-order valence-electron chi connectivity index (χ0n) is 10.8. The molecule has 0 amide bonds. The van der Waals surface area contributed by atoms with Crippen molar-refractivity contribution in [3.05, 3.63) is 0 Å². The maximum atomic E-state index is 10.2. The van der Waals surface area contributed by atoms with Crippen LogP contribution in [0.15, 0.2) is 4.99 Å². The van der Waals surface area contributed by atoms with Gasteiger partial charge in [0.2, 0.25) is 0 Å². The summed E-state index contributed by atoms with van der Waals surface area (Å²) in [5.41, 5.74) is 15.3. The number of hydrogen-bond donors (Lipinski definition) is 5. The molecule has 7 heteroatoms. The average Bonchev–Trinajstić information content (AvgIpc) is 2.37. The molecule has 1 heterocycles. The summed E-state index contributed by atoms with van der Waals surface area (Å²) in [6, 6.07) is -0.820. The van der Waals surface area contributed by atoms with Crippen LogP contribution in [0.3, 0.4) is 0 Å². The van der Waals surface area contributed by atoms with Gasteiger partial charge in [-0.15, -0.1) is 0 Å². The van der Waals surface area contributed by atoms with Crippen molar-refractivity contribution >= 4 is 11.9 Å². The molecule has 0 radical (unpaired) electrons. The number of nitrogens with one attached hydrogen (secondary N) is 1. The van der Waals surface area contributed by atoms with Crippen LogP contribution in [-0.2, 0) is 4.79 Å². The lowest BCUT2D eigenvalue weighted by atomic mass is 10.2. The van der Waals surface area contributed by atoms with Crippen LogP contribution in [0.4, 0.5) is 0 Å². The molecule has 0 aromatic heterocycles. The van der Waals surface area contributed by atoms with E-state index in [2.05, 4.69) is 10.3 Å². The molecule has 0 saturated carbocycles. The van der Waals surface area contributed by atoms with E-state index < -0.39 is 12.0 Å². The maximum absolute atomic E-state index is 10.2. The third kappa shape index (κ3) is 11.2. The second-order valence-electron chi connectivity index (χ2n) is 4.20. The van der Waals surface area contributed by atoms with Gasteiger partial charge in [0.15, 0.2) is 5.96 Å². The molecule has 1 atom stereocenters. The summed E-state index contributed by atoms with van der Waals surface area (Å²) < 4.78 is 0. The third-order valence-corrected chi connectivity index (χ3v) is 2.49. The van der Waals surface area contributed by atoms with Gasteiger partial charge in [-0.3, -0.25) is 9.79 Å². The predicted octanol–water partition coefficient (Wildman–Crippen LogP) is -0.788. The number of nitrogens with zero attached hydrogens (tertiary/aromatic N) is 1. The van der Waals surface area contributed by atoms with Crippen LogP contribution in [0.25, 0.3) is 0 Å². The topological polar surface area (TPSA) is 140 Å². The van der Waals surface area contributed by atoms with E-state index in [9.17, 15) is 4.79 Å². The van der Waals surface area contributed by atoms with E-state index in [4.69, 9.17) is 22.3 Å². The molecule has 0 aromatic carbocycles. The van der Waals surface area contributed by atoms with Gasteiger partial charge >= 0.3 is 5.97 Å². The SMILES string of the molecule is C1CCNCC1.NC(N)=NCCCC(N)C(=O)O. The average molecular weight is 259 g/mol. The first-order valence-electron chi connectivity index (χ1n) is 6.28. The molecule has 18 heavy (non-hydrogen) atoms. The van der Waals surface area contributed by atoms with E-state index in [-0.39, 0.29) is 5.96 Å². The Bertz CT molecular complexity index is 238. The number of carbonyl (C=O) groups is 1. The Labute approximate surface area is 108 Å². The lowest BCUT2D eigenvalue weighted by Crippen LogP contribution is -2.30. The maximum Gasteiger partial charge on any atom is 0.320 e. The van der Waals surface area contributed by atoms with Crippen molar-refractivity contribution in [2.45, 2.75) is 38.1 Å². The molecular weight excluding hydrogens is 234 g/mol. The van der Waals surface area contributed by atoms with Crippen molar-refractivity contribution in [3.8, 4) is 0 Å². The largest absolute Gasteiger partial charge is 0.480 e.